The molecule has 4 heteroatoms. The second-order valence-electron chi connectivity index (χ2n) is 7.00. The molecule has 0 radical (unpaired) electrons. The van der Waals surface area contributed by atoms with Crippen LogP contribution in [-0.2, 0) is 12.2 Å². The topological polar surface area (TPSA) is 32.3 Å². The average molecular weight is 412 g/mol. The van der Waals surface area contributed by atoms with Crippen molar-refractivity contribution in [3.63, 3.8) is 0 Å². The highest BCUT2D eigenvalue weighted by Crippen LogP contribution is 2.23. The molecule has 0 amide bonds. The molecule has 0 spiro atoms. The van der Waals surface area contributed by atoms with E-state index in [4.69, 9.17) is 11.6 Å². The summed E-state index contributed by atoms with van der Waals surface area (Å²) in [4.78, 5) is 1.28. The van der Waals surface area contributed by atoms with E-state index in [2.05, 4.69) is 60.8 Å². The van der Waals surface area contributed by atoms with E-state index in [0.29, 0.717) is 11.6 Å². The number of aliphatic hydroxyl groups is 1. The van der Waals surface area contributed by atoms with E-state index >= 15 is 0 Å². The van der Waals surface area contributed by atoms with E-state index < -0.39 is 6.10 Å². The molecular weight excluding hydrogens is 386 g/mol. The van der Waals surface area contributed by atoms with Gasteiger partial charge in [-0.25, -0.2) is 0 Å². The first-order valence-corrected chi connectivity index (χ1v) is 10.9. The molecule has 0 aliphatic carbocycles. The van der Waals surface area contributed by atoms with E-state index in [1.54, 1.807) is 0 Å². The lowest BCUT2D eigenvalue weighted by molar-refractivity contribution is 0.170. The molecule has 0 saturated heterocycles. The van der Waals surface area contributed by atoms with E-state index in [9.17, 15) is 5.11 Å². The molecule has 146 valence electrons. The van der Waals surface area contributed by atoms with Gasteiger partial charge in [-0.3, -0.25) is 0 Å². The van der Waals surface area contributed by atoms with E-state index in [0.717, 1.165) is 17.7 Å². The minimum absolute atomic E-state index is 0.275. The van der Waals surface area contributed by atoms with Crippen molar-refractivity contribution < 1.29 is 5.11 Å². The summed E-state index contributed by atoms with van der Waals surface area (Å²) in [6.45, 7) is 2.65. The van der Waals surface area contributed by atoms with Crippen molar-refractivity contribution in [1.29, 1.82) is 0 Å². The molecule has 3 aromatic rings. The van der Waals surface area contributed by atoms with Crippen LogP contribution in [0.1, 0.15) is 29.7 Å². The van der Waals surface area contributed by atoms with Gasteiger partial charge in [-0.1, -0.05) is 66.2 Å². The maximum Gasteiger partial charge on any atom is 0.0914 e. The second kappa shape index (κ2) is 10.7. The standard InChI is InChI=1S/C24H26ClNOS/c1-18(26-16-24(27)21-8-5-9-22(25)15-21)14-19-10-12-23(13-11-19)28-17-20-6-3-2-4-7-20/h2-13,15,18,24,26-27H,14,16-17H2,1H3/t18-,24+/m1/s1. The molecule has 0 unspecified atom stereocenters. The highest BCUT2D eigenvalue weighted by molar-refractivity contribution is 7.98. The fourth-order valence-electron chi connectivity index (χ4n) is 3.03. The molecule has 2 nitrogen and oxygen atoms in total. The van der Waals surface area contributed by atoms with Gasteiger partial charge in [0.05, 0.1) is 6.10 Å². The van der Waals surface area contributed by atoms with Gasteiger partial charge in [-0.2, -0.15) is 0 Å². The van der Waals surface area contributed by atoms with Crippen LogP contribution >= 0.6 is 23.4 Å². The molecule has 0 aliphatic heterocycles. The van der Waals surface area contributed by atoms with Gasteiger partial charge in [0.2, 0.25) is 0 Å². The smallest absolute Gasteiger partial charge is 0.0914 e. The van der Waals surface area contributed by atoms with Crippen molar-refractivity contribution in [2.45, 2.75) is 36.1 Å². The predicted octanol–water partition coefficient (Wildman–Crippen LogP) is 5.89. The molecule has 0 bridgehead atoms. The summed E-state index contributed by atoms with van der Waals surface area (Å²) in [5.41, 5.74) is 3.47. The molecule has 0 aliphatic rings. The molecular formula is C24H26ClNOS. The third-order valence-corrected chi connectivity index (χ3v) is 5.92. The molecule has 0 aromatic heterocycles. The summed E-state index contributed by atoms with van der Waals surface area (Å²) >= 11 is 7.85. The molecule has 2 atom stereocenters. The van der Waals surface area contributed by atoms with Gasteiger partial charge >= 0.3 is 0 Å². The van der Waals surface area contributed by atoms with Crippen molar-refractivity contribution in [3.05, 3.63) is 101 Å². The predicted molar refractivity (Wildman–Crippen MR) is 120 cm³/mol. The minimum atomic E-state index is -0.557. The lowest BCUT2D eigenvalue weighted by Gasteiger charge is -2.18. The monoisotopic (exact) mass is 411 g/mol. The van der Waals surface area contributed by atoms with Gasteiger partial charge in [0, 0.05) is 28.3 Å². The summed E-state index contributed by atoms with van der Waals surface area (Å²) in [6.07, 6.45) is 0.365. The molecule has 3 aromatic carbocycles. The third kappa shape index (κ3) is 6.68. The zero-order valence-corrected chi connectivity index (χ0v) is 17.6. The van der Waals surface area contributed by atoms with Crippen molar-refractivity contribution in [2.24, 2.45) is 0 Å². The Bertz CT molecular complexity index is 854. The molecule has 3 rings (SSSR count). The van der Waals surface area contributed by atoms with Crippen LogP contribution in [0.4, 0.5) is 0 Å². The Kier molecular flexibility index (Phi) is 7.99. The molecule has 2 N–H and O–H groups in total. The quantitative estimate of drug-likeness (QED) is 0.431. The van der Waals surface area contributed by atoms with Crippen LogP contribution in [0.2, 0.25) is 5.02 Å². The van der Waals surface area contributed by atoms with Crippen LogP contribution in [0.3, 0.4) is 0 Å². The van der Waals surface area contributed by atoms with Crippen LogP contribution < -0.4 is 5.32 Å². The van der Waals surface area contributed by atoms with Crippen LogP contribution in [0.15, 0.2) is 83.8 Å². The summed E-state index contributed by atoms with van der Waals surface area (Å²) in [5.74, 6) is 0.986. The number of nitrogens with one attached hydrogen (secondary N) is 1. The van der Waals surface area contributed by atoms with Crippen LogP contribution in [0.5, 0.6) is 0 Å². The van der Waals surface area contributed by atoms with Crippen LogP contribution in [0.25, 0.3) is 0 Å². The molecule has 0 heterocycles. The van der Waals surface area contributed by atoms with E-state index in [-0.39, 0.29) is 6.04 Å². The summed E-state index contributed by atoms with van der Waals surface area (Å²) in [5, 5.41) is 14.4. The first-order chi connectivity index (χ1) is 13.6. The van der Waals surface area contributed by atoms with Gasteiger partial charge in [0.15, 0.2) is 0 Å². The third-order valence-electron chi connectivity index (χ3n) is 4.61. The maximum absolute atomic E-state index is 10.3. The number of thioether (sulfide) groups is 1. The largest absolute Gasteiger partial charge is 0.387 e. The average Bonchev–Trinajstić information content (AvgIpc) is 2.72. The fourth-order valence-corrected chi connectivity index (χ4v) is 4.09. The van der Waals surface area contributed by atoms with E-state index in [1.807, 2.05) is 42.1 Å². The number of hydrogen-bond acceptors (Lipinski definition) is 3. The zero-order chi connectivity index (χ0) is 19.8. The number of aliphatic hydroxyl groups excluding tert-OH is 1. The Labute approximate surface area is 177 Å². The van der Waals surface area contributed by atoms with Gasteiger partial charge in [-0.15, -0.1) is 11.8 Å². The number of hydrogen-bond donors (Lipinski definition) is 2. The van der Waals surface area contributed by atoms with Gasteiger partial charge < -0.3 is 10.4 Å². The molecule has 0 saturated carbocycles. The minimum Gasteiger partial charge on any atom is -0.387 e. The summed E-state index contributed by atoms with van der Waals surface area (Å²) < 4.78 is 0. The Morgan fingerprint density at radius 1 is 0.929 bits per heavy atom. The SMILES string of the molecule is C[C@H](Cc1ccc(SCc2ccccc2)cc1)NC[C@H](O)c1cccc(Cl)c1. The number of benzene rings is 3. The number of rotatable bonds is 9. The van der Waals surface area contributed by atoms with Gasteiger partial charge in [0.1, 0.15) is 0 Å². The maximum atomic E-state index is 10.3. The second-order valence-corrected chi connectivity index (χ2v) is 8.49. The normalized spacial score (nSPS) is 13.2. The first-order valence-electron chi connectivity index (χ1n) is 9.53. The highest BCUT2D eigenvalue weighted by Gasteiger charge is 2.10. The van der Waals surface area contributed by atoms with Crippen molar-refractivity contribution >= 4 is 23.4 Å². The Morgan fingerprint density at radius 2 is 1.68 bits per heavy atom. The Balaban J connectivity index is 1.44. The summed E-state index contributed by atoms with van der Waals surface area (Å²) in [7, 11) is 0. The lowest BCUT2D eigenvalue weighted by Crippen LogP contribution is -2.32. The van der Waals surface area contributed by atoms with Crippen molar-refractivity contribution in [3.8, 4) is 0 Å². The summed E-state index contributed by atoms with van der Waals surface area (Å²) in [6, 6.07) is 27.0. The van der Waals surface area contributed by atoms with Crippen molar-refractivity contribution in [1.82, 2.24) is 5.32 Å². The Hall–Kier alpha value is -1.78. The highest BCUT2D eigenvalue weighted by atomic mass is 35.5. The molecule has 0 fully saturated rings. The van der Waals surface area contributed by atoms with E-state index in [1.165, 1.54) is 16.0 Å². The van der Waals surface area contributed by atoms with Gasteiger partial charge in [0.25, 0.3) is 0 Å². The Morgan fingerprint density at radius 3 is 2.39 bits per heavy atom. The number of halogens is 1. The van der Waals surface area contributed by atoms with Gasteiger partial charge in [-0.05, 0) is 54.3 Å². The lowest BCUT2D eigenvalue weighted by atomic mass is 10.1. The molecule has 28 heavy (non-hydrogen) atoms. The fraction of sp³-hybridized carbons (Fsp3) is 0.250. The van der Waals surface area contributed by atoms with Crippen LogP contribution in [-0.4, -0.2) is 17.7 Å². The first kappa shape index (κ1) is 20.9. The zero-order valence-electron chi connectivity index (χ0n) is 16.0. The van der Waals surface area contributed by atoms with Crippen molar-refractivity contribution in [2.75, 3.05) is 6.54 Å². The van der Waals surface area contributed by atoms with Crippen LogP contribution in [0, 0.1) is 0 Å².